The van der Waals surface area contributed by atoms with Gasteiger partial charge in [-0.05, 0) is 24.6 Å². The third-order valence-electron chi connectivity index (χ3n) is 4.77. The highest BCUT2D eigenvalue weighted by Crippen LogP contribution is 2.24. The van der Waals surface area contributed by atoms with E-state index in [1.54, 1.807) is 0 Å². The van der Waals surface area contributed by atoms with E-state index in [0.29, 0.717) is 0 Å². The molecule has 2 aromatic carbocycles. The number of piperazine rings is 1. The Hall–Kier alpha value is -2.88. The van der Waals surface area contributed by atoms with Gasteiger partial charge in [0.15, 0.2) is 0 Å². The Balaban J connectivity index is 1.50. The molecule has 1 aliphatic heterocycles. The third-order valence-corrected chi connectivity index (χ3v) is 4.77. The van der Waals surface area contributed by atoms with Gasteiger partial charge in [-0.1, -0.05) is 42.5 Å². The molecule has 2 heterocycles. The smallest absolute Gasteiger partial charge is 0.147 e. The molecule has 4 rings (SSSR count). The average molecular weight is 330 g/mol. The van der Waals surface area contributed by atoms with Crippen molar-refractivity contribution in [1.82, 2.24) is 9.97 Å². The van der Waals surface area contributed by atoms with E-state index in [4.69, 9.17) is 4.98 Å². The van der Waals surface area contributed by atoms with E-state index in [0.717, 1.165) is 43.3 Å². The summed E-state index contributed by atoms with van der Waals surface area (Å²) >= 11 is 0. The Labute approximate surface area is 148 Å². The summed E-state index contributed by atoms with van der Waals surface area (Å²) in [6.45, 7) is 6.03. The predicted molar refractivity (Wildman–Crippen MR) is 103 cm³/mol. The van der Waals surface area contributed by atoms with E-state index in [1.165, 1.54) is 11.3 Å². The third kappa shape index (κ3) is 3.33. The zero-order valence-electron chi connectivity index (χ0n) is 14.5. The van der Waals surface area contributed by atoms with Crippen LogP contribution in [0.3, 0.4) is 0 Å². The van der Waals surface area contributed by atoms with E-state index in [2.05, 4.69) is 76.3 Å². The summed E-state index contributed by atoms with van der Waals surface area (Å²) in [7, 11) is 0. The van der Waals surface area contributed by atoms with Crippen LogP contribution >= 0.6 is 0 Å². The molecule has 0 atom stereocenters. The number of rotatable bonds is 3. The molecule has 1 saturated heterocycles. The maximum absolute atomic E-state index is 4.87. The lowest BCUT2D eigenvalue weighted by Crippen LogP contribution is -2.46. The van der Waals surface area contributed by atoms with Gasteiger partial charge in [0.2, 0.25) is 0 Å². The lowest BCUT2D eigenvalue weighted by Gasteiger charge is -2.36. The van der Waals surface area contributed by atoms with Crippen molar-refractivity contribution in [2.24, 2.45) is 0 Å². The molecular weight excluding hydrogens is 308 g/mol. The van der Waals surface area contributed by atoms with E-state index in [-0.39, 0.29) is 0 Å². The fourth-order valence-corrected chi connectivity index (χ4v) is 3.33. The van der Waals surface area contributed by atoms with Crippen molar-refractivity contribution in [3.05, 3.63) is 72.6 Å². The molecule has 1 aliphatic rings. The topological polar surface area (TPSA) is 32.3 Å². The van der Waals surface area contributed by atoms with E-state index < -0.39 is 0 Å². The van der Waals surface area contributed by atoms with Crippen molar-refractivity contribution < 1.29 is 0 Å². The molecule has 126 valence electrons. The molecule has 0 N–H and O–H groups in total. The lowest BCUT2D eigenvalue weighted by molar-refractivity contribution is 0.646. The van der Waals surface area contributed by atoms with Crippen LogP contribution in [0, 0.1) is 6.92 Å². The van der Waals surface area contributed by atoms with Crippen LogP contribution in [0.25, 0.3) is 11.3 Å². The van der Waals surface area contributed by atoms with Gasteiger partial charge in [-0.2, -0.15) is 0 Å². The fourth-order valence-electron chi connectivity index (χ4n) is 3.33. The van der Waals surface area contributed by atoms with Gasteiger partial charge < -0.3 is 9.80 Å². The van der Waals surface area contributed by atoms with Gasteiger partial charge in [0.05, 0.1) is 18.1 Å². The van der Waals surface area contributed by atoms with Crippen LogP contribution in [0.5, 0.6) is 0 Å². The summed E-state index contributed by atoms with van der Waals surface area (Å²) in [5.74, 6) is 0.966. The van der Waals surface area contributed by atoms with Gasteiger partial charge in [-0.25, -0.2) is 4.98 Å². The van der Waals surface area contributed by atoms with Crippen molar-refractivity contribution in [1.29, 1.82) is 0 Å². The molecule has 1 fully saturated rings. The first kappa shape index (κ1) is 15.6. The summed E-state index contributed by atoms with van der Waals surface area (Å²) < 4.78 is 0. The number of para-hydroxylation sites is 1. The molecule has 0 radical (unpaired) electrons. The largest absolute Gasteiger partial charge is 0.368 e. The second-order valence-corrected chi connectivity index (χ2v) is 6.39. The van der Waals surface area contributed by atoms with Crippen LogP contribution in [0.4, 0.5) is 11.5 Å². The van der Waals surface area contributed by atoms with E-state index in [9.17, 15) is 0 Å². The Kier molecular flexibility index (Phi) is 4.34. The van der Waals surface area contributed by atoms with E-state index >= 15 is 0 Å². The lowest BCUT2D eigenvalue weighted by atomic mass is 10.1. The fraction of sp³-hybridized carbons (Fsp3) is 0.238. The van der Waals surface area contributed by atoms with Crippen molar-refractivity contribution in [3.8, 4) is 11.3 Å². The molecule has 4 heteroatoms. The standard InChI is InChI=1S/C21H22N4/c1-17-7-5-6-10-19(17)20-15-22-16-21(23-20)25-13-11-24(12-14-25)18-8-3-2-4-9-18/h2-10,15-16H,11-14H2,1H3. The molecule has 4 nitrogen and oxygen atoms in total. The summed E-state index contributed by atoms with van der Waals surface area (Å²) in [5, 5.41) is 0. The Morgan fingerprint density at radius 1 is 0.760 bits per heavy atom. The van der Waals surface area contributed by atoms with Crippen molar-refractivity contribution >= 4 is 11.5 Å². The highest BCUT2D eigenvalue weighted by Gasteiger charge is 2.19. The molecule has 1 aromatic heterocycles. The van der Waals surface area contributed by atoms with Gasteiger partial charge in [0, 0.05) is 37.4 Å². The number of benzene rings is 2. The van der Waals surface area contributed by atoms with Gasteiger partial charge in [-0.15, -0.1) is 0 Å². The van der Waals surface area contributed by atoms with Crippen molar-refractivity contribution in [2.45, 2.75) is 6.92 Å². The molecule has 3 aromatic rings. The molecule has 0 bridgehead atoms. The Morgan fingerprint density at radius 3 is 2.20 bits per heavy atom. The van der Waals surface area contributed by atoms with Gasteiger partial charge in [0.25, 0.3) is 0 Å². The summed E-state index contributed by atoms with van der Waals surface area (Å²) in [6, 6.07) is 18.9. The van der Waals surface area contributed by atoms with Crippen molar-refractivity contribution in [3.63, 3.8) is 0 Å². The highest BCUT2D eigenvalue weighted by atomic mass is 15.3. The summed E-state index contributed by atoms with van der Waals surface area (Å²) in [4.78, 5) is 14.1. The predicted octanol–water partition coefficient (Wildman–Crippen LogP) is 3.78. The minimum Gasteiger partial charge on any atom is -0.368 e. The summed E-state index contributed by atoms with van der Waals surface area (Å²) in [5.41, 5.74) is 4.62. The first-order chi connectivity index (χ1) is 12.3. The first-order valence-corrected chi connectivity index (χ1v) is 8.74. The van der Waals surface area contributed by atoms with Crippen LogP contribution < -0.4 is 9.80 Å². The molecule has 0 saturated carbocycles. The van der Waals surface area contributed by atoms with Gasteiger partial charge in [0.1, 0.15) is 5.82 Å². The maximum atomic E-state index is 4.87. The molecule has 0 aliphatic carbocycles. The highest BCUT2D eigenvalue weighted by molar-refractivity contribution is 5.64. The molecule has 0 amide bonds. The summed E-state index contributed by atoms with van der Waals surface area (Å²) in [6.07, 6.45) is 3.73. The minimum absolute atomic E-state index is 0.945. The SMILES string of the molecule is Cc1ccccc1-c1cncc(N2CCN(c3ccccc3)CC2)n1. The minimum atomic E-state index is 0.945. The van der Waals surface area contributed by atoms with E-state index in [1.807, 2.05) is 12.4 Å². The number of aryl methyl sites for hydroxylation is 1. The van der Waals surface area contributed by atoms with Crippen LogP contribution in [-0.4, -0.2) is 36.1 Å². The van der Waals surface area contributed by atoms with Crippen LogP contribution in [-0.2, 0) is 0 Å². The number of hydrogen-bond acceptors (Lipinski definition) is 4. The maximum Gasteiger partial charge on any atom is 0.147 e. The molecular formula is C21H22N4. The van der Waals surface area contributed by atoms with Crippen molar-refractivity contribution in [2.75, 3.05) is 36.0 Å². The number of nitrogens with zero attached hydrogens (tertiary/aromatic N) is 4. The number of anilines is 2. The second-order valence-electron chi connectivity index (χ2n) is 6.39. The quantitative estimate of drug-likeness (QED) is 0.731. The van der Waals surface area contributed by atoms with Gasteiger partial charge in [-0.3, -0.25) is 4.98 Å². The van der Waals surface area contributed by atoms with Crippen LogP contribution in [0.15, 0.2) is 67.0 Å². The number of hydrogen-bond donors (Lipinski definition) is 0. The molecule has 0 unspecified atom stereocenters. The second kappa shape index (κ2) is 6.93. The van der Waals surface area contributed by atoms with Crippen LogP contribution in [0.1, 0.15) is 5.56 Å². The Morgan fingerprint density at radius 2 is 1.44 bits per heavy atom. The monoisotopic (exact) mass is 330 g/mol. The molecule has 25 heavy (non-hydrogen) atoms. The normalized spacial score (nSPS) is 14.6. The first-order valence-electron chi connectivity index (χ1n) is 8.74. The van der Waals surface area contributed by atoms with Gasteiger partial charge >= 0.3 is 0 Å². The Bertz CT molecular complexity index is 839. The van der Waals surface area contributed by atoms with Crippen LogP contribution in [0.2, 0.25) is 0 Å². The average Bonchev–Trinajstić information content (AvgIpc) is 2.69. The molecule has 0 spiro atoms. The zero-order valence-corrected chi connectivity index (χ0v) is 14.5. The zero-order chi connectivity index (χ0) is 17.1. The number of aromatic nitrogens is 2.